The zero-order valence-corrected chi connectivity index (χ0v) is 10.3. The summed E-state index contributed by atoms with van der Waals surface area (Å²) in [7, 11) is 1.88. The average Bonchev–Trinajstić information content (AvgIpc) is 2.40. The van der Waals surface area contributed by atoms with E-state index in [4.69, 9.17) is 4.74 Å². The molecule has 0 spiro atoms. The van der Waals surface area contributed by atoms with Gasteiger partial charge in [-0.2, -0.15) is 0 Å². The van der Waals surface area contributed by atoms with Gasteiger partial charge in [0.15, 0.2) is 0 Å². The van der Waals surface area contributed by atoms with Gasteiger partial charge in [-0.05, 0) is 18.4 Å². The Labute approximate surface area is 102 Å². The molecule has 1 heterocycles. The second-order valence-corrected chi connectivity index (χ2v) is 4.57. The summed E-state index contributed by atoms with van der Waals surface area (Å²) in [6.45, 7) is 2.13. The van der Waals surface area contributed by atoms with Crippen LogP contribution in [0.4, 0.5) is 0 Å². The maximum absolute atomic E-state index is 12.2. The van der Waals surface area contributed by atoms with E-state index in [-0.39, 0.29) is 11.8 Å². The predicted octanol–water partition coefficient (Wildman–Crippen LogP) is 2.07. The van der Waals surface area contributed by atoms with Crippen LogP contribution >= 0.6 is 0 Å². The molecule has 1 amide bonds. The van der Waals surface area contributed by atoms with Crippen LogP contribution in [-0.2, 0) is 16.1 Å². The van der Waals surface area contributed by atoms with E-state index in [9.17, 15) is 4.79 Å². The van der Waals surface area contributed by atoms with E-state index in [2.05, 4.69) is 0 Å². The van der Waals surface area contributed by atoms with Crippen molar-refractivity contribution in [2.75, 3.05) is 20.3 Å². The lowest BCUT2D eigenvalue weighted by molar-refractivity contribution is -0.137. The van der Waals surface area contributed by atoms with Gasteiger partial charge in [0, 0.05) is 32.7 Å². The number of amides is 1. The zero-order chi connectivity index (χ0) is 12.1. The summed E-state index contributed by atoms with van der Waals surface area (Å²) < 4.78 is 5.28. The number of hydrogen-bond acceptors (Lipinski definition) is 2. The molecule has 0 radical (unpaired) electrons. The molecule has 0 aromatic heterocycles. The SMILES string of the molecule is CN(Cc1ccccc1)C(=O)C1CCOCC1. The minimum absolute atomic E-state index is 0.150. The van der Waals surface area contributed by atoms with E-state index in [1.807, 2.05) is 42.3 Å². The molecule has 1 saturated heterocycles. The minimum atomic E-state index is 0.150. The molecule has 3 heteroatoms. The van der Waals surface area contributed by atoms with Crippen molar-refractivity contribution in [2.45, 2.75) is 19.4 Å². The molecular formula is C14H19NO2. The molecule has 17 heavy (non-hydrogen) atoms. The summed E-state index contributed by atoms with van der Waals surface area (Å²) in [5.41, 5.74) is 1.18. The normalized spacial score (nSPS) is 16.8. The van der Waals surface area contributed by atoms with E-state index in [0.717, 1.165) is 26.1 Å². The van der Waals surface area contributed by atoms with Gasteiger partial charge in [-0.3, -0.25) is 4.79 Å². The molecule has 1 fully saturated rings. The van der Waals surface area contributed by atoms with Crippen LogP contribution in [0.15, 0.2) is 30.3 Å². The minimum Gasteiger partial charge on any atom is -0.381 e. The molecule has 0 saturated carbocycles. The molecule has 2 rings (SSSR count). The molecule has 0 bridgehead atoms. The van der Waals surface area contributed by atoms with Gasteiger partial charge < -0.3 is 9.64 Å². The third-order valence-corrected chi connectivity index (χ3v) is 3.21. The highest BCUT2D eigenvalue weighted by molar-refractivity contribution is 5.78. The number of ether oxygens (including phenoxy) is 1. The first-order chi connectivity index (χ1) is 8.27. The molecule has 0 unspecified atom stereocenters. The van der Waals surface area contributed by atoms with Gasteiger partial charge in [-0.25, -0.2) is 0 Å². The Morgan fingerprint density at radius 2 is 1.94 bits per heavy atom. The standard InChI is InChI=1S/C14H19NO2/c1-15(11-12-5-3-2-4-6-12)14(16)13-7-9-17-10-8-13/h2-6,13H,7-11H2,1H3. The summed E-state index contributed by atoms with van der Waals surface area (Å²) in [6, 6.07) is 10.1. The fourth-order valence-electron chi connectivity index (χ4n) is 2.19. The number of carbonyl (C=O) groups excluding carboxylic acids is 1. The molecule has 1 aliphatic heterocycles. The summed E-state index contributed by atoms with van der Waals surface area (Å²) in [5, 5.41) is 0. The predicted molar refractivity (Wildman–Crippen MR) is 66.5 cm³/mol. The Balaban J connectivity index is 1.90. The van der Waals surface area contributed by atoms with E-state index in [1.165, 1.54) is 5.56 Å². The van der Waals surface area contributed by atoms with Crippen molar-refractivity contribution < 1.29 is 9.53 Å². The fourth-order valence-corrected chi connectivity index (χ4v) is 2.19. The van der Waals surface area contributed by atoms with Crippen molar-refractivity contribution in [1.29, 1.82) is 0 Å². The van der Waals surface area contributed by atoms with Gasteiger partial charge in [-0.15, -0.1) is 0 Å². The average molecular weight is 233 g/mol. The van der Waals surface area contributed by atoms with Crippen LogP contribution in [-0.4, -0.2) is 31.1 Å². The highest BCUT2D eigenvalue weighted by Crippen LogP contribution is 2.18. The van der Waals surface area contributed by atoms with Crippen molar-refractivity contribution in [3.05, 3.63) is 35.9 Å². The first-order valence-corrected chi connectivity index (χ1v) is 6.14. The van der Waals surface area contributed by atoms with Crippen molar-refractivity contribution in [1.82, 2.24) is 4.90 Å². The molecule has 1 aliphatic rings. The van der Waals surface area contributed by atoms with Gasteiger partial charge in [0.05, 0.1) is 0 Å². The van der Waals surface area contributed by atoms with Crippen molar-refractivity contribution in [3.63, 3.8) is 0 Å². The topological polar surface area (TPSA) is 29.5 Å². The number of hydrogen-bond donors (Lipinski definition) is 0. The Bertz CT molecular complexity index is 358. The van der Waals surface area contributed by atoms with Crippen molar-refractivity contribution in [2.24, 2.45) is 5.92 Å². The van der Waals surface area contributed by atoms with Crippen LogP contribution < -0.4 is 0 Å². The molecule has 1 aromatic rings. The zero-order valence-electron chi connectivity index (χ0n) is 10.3. The highest BCUT2D eigenvalue weighted by Gasteiger charge is 2.24. The van der Waals surface area contributed by atoms with E-state index in [1.54, 1.807) is 0 Å². The van der Waals surface area contributed by atoms with Crippen LogP contribution in [0.25, 0.3) is 0 Å². The number of nitrogens with zero attached hydrogens (tertiary/aromatic N) is 1. The Kier molecular flexibility index (Phi) is 4.15. The lowest BCUT2D eigenvalue weighted by Gasteiger charge is -2.26. The summed E-state index contributed by atoms with van der Waals surface area (Å²) in [4.78, 5) is 14.0. The first kappa shape index (κ1) is 12.1. The van der Waals surface area contributed by atoms with Crippen LogP contribution in [0.1, 0.15) is 18.4 Å². The Hall–Kier alpha value is -1.35. The number of rotatable bonds is 3. The van der Waals surface area contributed by atoms with Crippen LogP contribution in [0.3, 0.4) is 0 Å². The van der Waals surface area contributed by atoms with Crippen molar-refractivity contribution >= 4 is 5.91 Å². The van der Waals surface area contributed by atoms with E-state index < -0.39 is 0 Å². The molecule has 3 nitrogen and oxygen atoms in total. The third kappa shape index (κ3) is 3.30. The molecule has 0 aliphatic carbocycles. The monoisotopic (exact) mass is 233 g/mol. The quantitative estimate of drug-likeness (QED) is 0.800. The summed E-state index contributed by atoms with van der Waals surface area (Å²) in [5.74, 6) is 0.398. The fraction of sp³-hybridized carbons (Fsp3) is 0.500. The Morgan fingerprint density at radius 3 is 2.59 bits per heavy atom. The largest absolute Gasteiger partial charge is 0.381 e. The lowest BCUT2D eigenvalue weighted by Crippen LogP contribution is -2.35. The lowest BCUT2D eigenvalue weighted by atomic mass is 9.98. The van der Waals surface area contributed by atoms with Crippen LogP contribution in [0.2, 0.25) is 0 Å². The number of benzene rings is 1. The van der Waals surface area contributed by atoms with Gasteiger partial charge in [0.1, 0.15) is 0 Å². The smallest absolute Gasteiger partial charge is 0.225 e. The first-order valence-electron chi connectivity index (χ1n) is 6.14. The number of carbonyl (C=O) groups is 1. The summed E-state index contributed by atoms with van der Waals surface area (Å²) >= 11 is 0. The van der Waals surface area contributed by atoms with Crippen molar-refractivity contribution in [3.8, 4) is 0 Å². The molecule has 92 valence electrons. The maximum Gasteiger partial charge on any atom is 0.225 e. The molecule has 0 N–H and O–H groups in total. The van der Waals surface area contributed by atoms with Gasteiger partial charge in [-0.1, -0.05) is 30.3 Å². The van der Waals surface area contributed by atoms with E-state index >= 15 is 0 Å². The molecular weight excluding hydrogens is 214 g/mol. The van der Waals surface area contributed by atoms with E-state index in [0.29, 0.717) is 6.54 Å². The molecule has 0 atom stereocenters. The second kappa shape index (κ2) is 5.82. The highest BCUT2D eigenvalue weighted by atomic mass is 16.5. The van der Waals surface area contributed by atoms with Gasteiger partial charge >= 0.3 is 0 Å². The second-order valence-electron chi connectivity index (χ2n) is 4.57. The van der Waals surface area contributed by atoms with Crippen LogP contribution in [0, 0.1) is 5.92 Å². The maximum atomic E-state index is 12.2. The van der Waals surface area contributed by atoms with Gasteiger partial charge in [0.2, 0.25) is 5.91 Å². The third-order valence-electron chi connectivity index (χ3n) is 3.21. The molecule has 1 aromatic carbocycles. The van der Waals surface area contributed by atoms with Crippen LogP contribution in [0.5, 0.6) is 0 Å². The Morgan fingerprint density at radius 1 is 1.29 bits per heavy atom. The summed E-state index contributed by atoms with van der Waals surface area (Å²) in [6.07, 6.45) is 1.72. The van der Waals surface area contributed by atoms with Gasteiger partial charge in [0.25, 0.3) is 0 Å².